The molecule has 1 heterocycles. The van der Waals surface area contributed by atoms with Crippen LogP contribution in [-0.4, -0.2) is 85.2 Å². The summed E-state index contributed by atoms with van der Waals surface area (Å²) in [5.41, 5.74) is 1.69. The number of unbranched alkanes of at least 4 members (excludes halogenated alkanes) is 20. The van der Waals surface area contributed by atoms with Gasteiger partial charge in [0, 0.05) is 39.3 Å². The Kier molecular flexibility index (Phi) is 34.4. The third-order valence-electron chi connectivity index (χ3n) is 13.9. The van der Waals surface area contributed by atoms with Crippen molar-refractivity contribution in [2.75, 3.05) is 39.3 Å². The van der Waals surface area contributed by atoms with Crippen molar-refractivity contribution in [2.24, 2.45) is 0 Å². The fourth-order valence-corrected chi connectivity index (χ4v) is 9.37. The Hall–Kier alpha value is -3.76. The number of ether oxygens (including phenoxy) is 4. The second-order valence-corrected chi connectivity index (χ2v) is 20.2. The van der Waals surface area contributed by atoms with Gasteiger partial charge in [0.2, 0.25) is 0 Å². The highest BCUT2D eigenvalue weighted by molar-refractivity contribution is 5.75. The summed E-state index contributed by atoms with van der Waals surface area (Å²) < 4.78 is 23.3. The van der Waals surface area contributed by atoms with Crippen molar-refractivity contribution >= 4 is 23.9 Å². The van der Waals surface area contributed by atoms with Crippen LogP contribution in [0.3, 0.4) is 0 Å². The van der Waals surface area contributed by atoms with Crippen molar-refractivity contribution in [2.45, 2.75) is 245 Å². The minimum absolute atomic E-state index is 0.0172. The average molecular weight is 975 g/mol. The van der Waals surface area contributed by atoms with E-state index in [1.807, 2.05) is 24.3 Å². The molecule has 0 unspecified atom stereocenters. The van der Waals surface area contributed by atoms with Crippen LogP contribution in [0.5, 0.6) is 11.5 Å². The zero-order valence-electron chi connectivity index (χ0n) is 44.8. The highest BCUT2D eigenvalue weighted by atomic mass is 16.6. The number of benzene rings is 2. The molecule has 1 aliphatic rings. The molecule has 10 heteroatoms. The third-order valence-corrected chi connectivity index (χ3v) is 13.9. The van der Waals surface area contributed by atoms with Crippen molar-refractivity contribution in [3.63, 3.8) is 0 Å². The van der Waals surface area contributed by atoms with Crippen LogP contribution in [0.25, 0.3) is 0 Å². The zero-order chi connectivity index (χ0) is 50.3. The minimum atomic E-state index is -0.288. The predicted molar refractivity (Wildman–Crippen MR) is 285 cm³/mol. The maximum Gasteiger partial charge on any atom is 0.312 e. The van der Waals surface area contributed by atoms with Crippen molar-refractivity contribution in [1.29, 1.82) is 0 Å². The molecule has 0 saturated carbocycles. The Balaban J connectivity index is 1.30. The molecule has 396 valence electrons. The monoisotopic (exact) mass is 975 g/mol. The van der Waals surface area contributed by atoms with Crippen LogP contribution in [0.2, 0.25) is 0 Å². The van der Waals surface area contributed by atoms with Gasteiger partial charge in [0.25, 0.3) is 0 Å². The van der Waals surface area contributed by atoms with Gasteiger partial charge in [0.1, 0.15) is 23.7 Å². The molecular weight excluding hydrogens is 877 g/mol. The van der Waals surface area contributed by atoms with E-state index in [0.29, 0.717) is 24.6 Å². The molecule has 0 bridgehead atoms. The summed E-state index contributed by atoms with van der Waals surface area (Å²) in [7, 11) is 0. The number of esters is 4. The molecule has 0 aliphatic carbocycles. The van der Waals surface area contributed by atoms with Crippen molar-refractivity contribution in [1.82, 2.24) is 9.80 Å². The first-order valence-corrected chi connectivity index (χ1v) is 28.6. The lowest BCUT2D eigenvalue weighted by Gasteiger charge is -2.34. The molecule has 0 amide bonds. The molecule has 10 nitrogen and oxygen atoms in total. The normalized spacial score (nSPS) is 13.2. The van der Waals surface area contributed by atoms with Crippen LogP contribution in [0.1, 0.15) is 231 Å². The number of carbonyl (C=O) groups excluding carboxylic acids is 4. The molecule has 0 spiro atoms. The molecule has 3 rings (SSSR count). The van der Waals surface area contributed by atoms with Gasteiger partial charge in [-0.25, -0.2) is 0 Å². The van der Waals surface area contributed by atoms with Crippen molar-refractivity contribution in [3.8, 4) is 11.5 Å². The topological polar surface area (TPSA) is 112 Å². The lowest BCUT2D eigenvalue weighted by Crippen LogP contribution is -2.47. The van der Waals surface area contributed by atoms with Crippen LogP contribution in [0.15, 0.2) is 48.5 Å². The maximum absolute atomic E-state index is 13.0. The van der Waals surface area contributed by atoms with Gasteiger partial charge in [0.05, 0.1) is 25.7 Å². The van der Waals surface area contributed by atoms with E-state index in [1.54, 1.807) is 24.3 Å². The Bertz CT molecular complexity index is 1490. The summed E-state index contributed by atoms with van der Waals surface area (Å²) in [5, 5.41) is 0. The molecule has 0 N–H and O–H groups in total. The van der Waals surface area contributed by atoms with Crippen LogP contribution in [0, 0.1) is 0 Å². The molecule has 1 fully saturated rings. The molecule has 1 saturated heterocycles. The van der Waals surface area contributed by atoms with E-state index in [2.05, 4.69) is 37.5 Å². The van der Waals surface area contributed by atoms with Gasteiger partial charge in [-0.2, -0.15) is 0 Å². The molecule has 1 aliphatic heterocycles. The quantitative estimate of drug-likeness (QED) is 0.0362. The Labute approximate surface area is 426 Å². The first-order chi connectivity index (χ1) is 34.2. The van der Waals surface area contributed by atoms with E-state index in [1.165, 1.54) is 128 Å². The Morgan fingerprint density at radius 3 is 0.943 bits per heavy atom. The van der Waals surface area contributed by atoms with Gasteiger partial charge in [-0.3, -0.25) is 19.2 Å². The molecule has 0 aromatic heterocycles. The minimum Gasteiger partial charge on any atom is -0.462 e. The SMILES string of the molecule is CCCCCCCCC(CCCCCCCC)OC(=O)Cc1ccc(OC(=O)CCN2CCN(CCC(=O)Oc3ccc(CC(=O)OC(CCCCCCCC)CCCCCCCC)cc3)CC2)cc1. The number of rotatable bonds is 42. The highest BCUT2D eigenvalue weighted by Crippen LogP contribution is 2.22. The first kappa shape index (κ1) is 60.5. The van der Waals surface area contributed by atoms with Crippen LogP contribution in [-0.2, 0) is 41.5 Å². The van der Waals surface area contributed by atoms with Gasteiger partial charge >= 0.3 is 23.9 Å². The molecule has 2 aromatic rings. The Morgan fingerprint density at radius 2 is 0.657 bits per heavy atom. The van der Waals surface area contributed by atoms with E-state index in [9.17, 15) is 19.2 Å². The summed E-state index contributed by atoms with van der Waals surface area (Å²) in [6, 6.07) is 14.4. The lowest BCUT2D eigenvalue weighted by atomic mass is 10.0. The third kappa shape index (κ3) is 30.2. The molecule has 2 aromatic carbocycles. The maximum atomic E-state index is 13.0. The van der Waals surface area contributed by atoms with E-state index < -0.39 is 0 Å². The lowest BCUT2D eigenvalue weighted by molar-refractivity contribution is -0.150. The summed E-state index contributed by atoms with van der Waals surface area (Å²) in [4.78, 5) is 56.1. The van der Waals surface area contributed by atoms with E-state index >= 15 is 0 Å². The molecule has 0 atom stereocenters. The summed E-state index contributed by atoms with van der Waals surface area (Å²) in [5.74, 6) is -0.0111. The fraction of sp³-hybridized carbons (Fsp3) is 0.733. The number of piperazine rings is 1. The number of carbonyl (C=O) groups is 4. The predicted octanol–water partition coefficient (Wildman–Crippen LogP) is 14.5. The smallest absolute Gasteiger partial charge is 0.312 e. The molecule has 70 heavy (non-hydrogen) atoms. The number of hydrogen-bond acceptors (Lipinski definition) is 10. The van der Waals surface area contributed by atoms with E-state index in [-0.39, 0.29) is 61.8 Å². The van der Waals surface area contributed by atoms with Crippen LogP contribution < -0.4 is 9.47 Å². The van der Waals surface area contributed by atoms with Crippen molar-refractivity contribution in [3.05, 3.63) is 59.7 Å². The summed E-state index contributed by atoms with van der Waals surface area (Å²) in [6.45, 7) is 13.4. The van der Waals surface area contributed by atoms with Crippen molar-refractivity contribution < 1.29 is 38.1 Å². The van der Waals surface area contributed by atoms with Gasteiger partial charge in [-0.05, 0) is 86.8 Å². The second kappa shape index (κ2) is 39.8. The van der Waals surface area contributed by atoms with Crippen LogP contribution >= 0.6 is 0 Å². The number of hydrogen-bond donors (Lipinski definition) is 0. The standard InChI is InChI=1S/C60H98N2O8/c1-5-9-13-17-21-25-29-53(30-26-22-18-14-10-6-2)69-59(65)49-51-33-37-55(38-34-51)67-57(63)41-43-61-45-47-62(48-46-61)44-42-58(64)68-56-39-35-52(36-40-56)50-60(66)70-54(31-27-23-19-15-11-7-3)32-28-24-20-16-12-8-4/h33-40,53-54H,5-32,41-50H2,1-4H3. The van der Waals surface area contributed by atoms with Gasteiger partial charge in [-0.15, -0.1) is 0 Å². The van der Waals surface area contributed by atoms with E-state index in [0.717, 1.165) is 88.7 Å². The molecular formula is C60H98N2O8. The first-order valence-electron chi connectivity index (χ1n) is 28.6. The van der Waals surface area contributed by atoms with Gasteiger partial charge in [0.15, 0.2) is 0 Å². The van der Waals surface area contributed by atoms with Crippen LogP contribution in [0.4, 0.5) is 0 Å². The second-order valence-electron chi connectivity index (χ2n) is 20.2. The highest BCUT2D eigenvalue weighted by Gasteiger charge is 2.21. The Morgan fingerprint density at radius 1 is 0.386 bits per heavy atom. The average Bonchev–Trinajstić information content (AvgIpc) is 3.35. The number of nitrogens with zero attached hydrogens (tertiary/aromatic N) is 2. The fourth-order valence-electron chi connectivity index (χ4n) is 9.37. The summed E-state index contributed by atoms with van der Waals surface area (Å²) in [6.07, 6.45) is 34.2. The van der Waals surface area contributed by atoms with Gasteiger partial charge in [-0.1, -0.05) is 180 Å². The molecule has 0 radical (unpaired) electrons. The largest absolute Gasteiger partial charge is 0.462 e. The van der Waals surface area contributed by atoms with E-state index in [4.69, 9.17) is 18.9 Å². The van der Waals surface area contributed by atoms with Gasteiger partial charge < -0.3 is 28.7 Å². The summed E-state index contributed by atoms with van der Waals surface area (Å²) >= 11 is 0. The zero-order valence-corrected chi connectivity index (χ0v) is 44.8.